The van der Waals surface area contributed by atoms with E-state index in [0.29, 0.717) is 0 Å². The number of nitrogens with zero attached hydrogens (tertiary/aromatic N) is 2. The number of benzene rings is 1. The third kappa shape index (κ3) is 3.64. The molecule has 0 spiro atoms. The summed E-state index contributed by atoms with van der Waals surface area (Å²) in [6.45, 7) is 2.70. The van der Waals surface area contributed by atoms with E-state index in [4.69, 9.17) is 14.7 Å². The minimum Gasteiger partial charge on any atom is -0.497 e. The molecule has 1 unspecified atom stereocenters. The van der Waals surface area contributed by atoms with Crippen molar-refractivity contribution in [1.82, 2.24) is 4.90 Å². The largest absolute Gasteiger partial charge is 0.497 e. The zero-order valence-corrected chi connectivity index (χ0v) is 11.4. The SMILES string of the molecule is COc1ccc(OC)c(CCN(C)C(C)C#N)c1. The molecule has 0 fully saturated rings. The number of nitriles is 1. The van der Waals surface area contributed by atoms with Crippen LogP contribution in [0.5, 0.6) is 11.5 Å². The summed E-state index contributed by atoms with van der Waals surface area (Å²) in [4.78, 5) is 2.01. The molecular weight excluding hydrogens is 228 g/mol. The summed E-state index contributed by atoms with van der Waals surface area (Å²) in [5.41, 5.74) is 1.09. The van der Waals surface area contributed by atoms with Crippen molar-refractivity contribution in [3.05, 3.63) is 23.8 Å². The van der Waals surface area contributed by atoms with Crippen LogP contribution in [0.25, 0.3) is 0 Å². The van der Waals surface area contributed by atoms with Crippen LogP contribution >= 0.6 is 0 Å². The highest BCUT2D eigenvalue weighted by Crippen LogP contribution is 2.24. The summed E-state index contributed by atoms with van der Waals surface area (Å²) in [5.74, 6) is 1.68. The average molecular weight is 248 g/mol. The standard InChI is InChI=1S/C14H20N2O2/c1-11(10-15)16(2)8-7-12-9-13(17-3)5-6-14(12)18-4/h5-6,9,11H,7-8H2,1-4H3. The molecule has 0 radical (unpaired) electrons. The van der Waals surface area contributed by atoms with Crippen molar-refractivity contribution in [3.63, 3.8) is 0 Å². The van der Waals surface area contributed by atoms with Crippen molar-refractivity contribution in [2.75, 3.05) is 27.8 Å². The second kappa shape index (κ2) is 6.87. The molecule has 0 saturated heterocycles. The van der Waals surface area contributed by atoms with Crippen LogP contribution in [0.2, 0.25) is 0 Å². The lowest BCUT2D eigenvalue weighted by atomic mass is 10.1. The first-order valence-corrected chi connectivity index (χ1v) is 5.93. The maximum absolute atomic E-state index is 8.85. The Kier molecular flexibility index (Phi) is 5.47. The van der Waals surface area contributed by atoms with Gasteiger partial charge in [-0.25, -0.2) is 0 Å². The number of likely N-dealkylation sites (N-methyl/N-ethyl adjacent to an activating group) is 1. The molecule has 0 aliphatic heterocycles. The fourth-order valence-corrected chi connectivity index (χ4v) is 1.67. The summed E-state index contributed by atoms with van der Waals surface area (Å²) in [5, 5.41) is 8.85. The molecule has 1 atom stereocenters. The van der Waals surface area contributed by atoms with Crippen LogP contribution in [0.15, 0.2) is 18.2 Å². The first-order chi connectivity index (χ1) is 8.62. The first-order valence-electron chi connectivity index (χ1n) is 5.93. The first kappa shape index (κ1) is 14.3. The van der Waals surface area contributed by atoms with Gasteiger partial charge in [-0.2, -0.15) is 5.26 Å². The Labute approximate surface area is 109 Å². The van der Waals surface area contributed by atoms with E-state index in [1.807, 2.05) is 37.1 Å². The Morgan fingerprint density at radius 2 is 2.06 bits per heavy atom. The van der Waals surface area contributed by atoms with E-state index in [1.54, 1.807) is 14.2 Å². The molecule has 0 aliphatic rings. The normalized spacial score (nSPS) is 12.0. The van der Waals surface area contributed by atoms with Gasteiger partial charge in [-0.15, -0.1) is 0 Å². The van der Waals surface area contributed by atoms with Crippen molar-refractivity contribution in [1.29, 1.82) is 5.26 Å². The highest BCUT2D eigenvalue weighted by atomic mass is 16.5. The second-order valence-electron chi connectivity index (χ2n) is 4.21. The summed E-state index contributed by atoms with van der Waals surface area (Å²) < 4.78 is 10.5. The maximum Gasteiger partial charge on any atom is 0.122 e. The van der Waals surface area contributed by atoms with Gasteiger partial charge in [0.1, 0.15) is 11.5 Å². The quantitative estimate of drug-likeness (QED) is 0.773. The number of ether oxygens (including phenoxy) is 2. The predicted octanol–water partition coefficient (Wildman–Crippen LogP) is 2.09. The molecule has 18 heavy (non-hydrogen) atoms. The molecule has 0 saturated carbocycles. The zero-order valence-electron chi connectivity index (χ0n) is 11.4. The van der Waals surface area contributed by atoms with E-state index in [1.165, 1.54) is 0 Å². The molecule has 0 bridgehead atoms. The van der Waals surface area contributed by atoms with Gasteiger partial charge in [-0.05, 0) is 44.2 Å². The number of hydrogen-bond acceptors (Lipinski definition) is 4. The van der Waals surface area contributed by atoms with Crippen molar-refractivity contribution in [3.8, 4) is 17.6 Å². The fourth-order valence-electron chi connectivity index (χ4n) is 1.67. The van der Waals surface area contributed by atoms with Gasteiger partial charge >= 0.3 is 0 Å². The van der Waals surface area contributed by atoms with Crippen molar-refractivity contribution in [2.24, 2.45) is 0 Å². The Hall–Kier alpha value is -1.73. The lowest BCUT2D eigenvalue weighted by Crippen LogP contribution is -2.29. The Morgan fingerprint density at radius 3 is 2.61 bits per heavy atom. The molecule has 4 heteroatoms. The fraction of sp³-hybridized carbons (Fsp3) is 0.500. The Morgan fingerprint density at radius 1 is 1.33 bits per heavy atom. The molecule has 4 nitrogen and oxygen atoms in total. The van der Waals surface area contributed by atoms with E-state index in [0.717, 1.165) is 30.0 Å². The van der Waals surface area contributed by atoms with Gasteiger partial charge in [0.25, 0.3) is 0 Å². The summed E-state index contributed by atoms with van der Waals surface area (Å²) in [7, 11) is 5.25. The summed E-state index contributed by atoms with van der Waals surface area (Å²) in [6, 6.07) is 7.90. The molecular formula is C14H20N2O2. The molecule has 1 aromatic carbocycles. The van der Waals surface area contributed by atoms with Gasteiger partial charge in [0.05, 0.1) is 26.3 Å². The van der Waals surface area contributed by atoms with E-state index < -0.39 is 0 Å². The predicted molar refractivity (Wildman–Crippen MR) is 71.0 cm³/mol. The van der Waals surface area contributed by atoms with Gasteiger partial charge < -0.3 is 9.47 Å². The summed E-state index contributed by atoms with van der Waals surface area (Å²) >= 11 is 0. The minimum atomic E-state index is -0.0818. The van der Waals surface area contributed by atoms with Crippen LogP contribution in [0.3, 0.4) is 0 Å². The highest BCUT2D eigenvalue weighted by molar-refractivity contribution is 5.40. The van der Waals surface area contributed by atoms with E-state index >= 15 is 0 Å². The molecule has 0 amide bonds. The van der Waals surface area contributed by atoms with Crippen LogP contribution in [0.1, 0.15) is 12.5 Å². The maximum atomic E-state index is 8.85. The van der Waals surface area contributed by atoms with E-state index in [2.05, 4.69) is 6.07 Å². The molecule has 0 aliphatic carbocycles. The molecule has 0 aromatic heterocycles. The van der Waals surface area contributed by atoms with Crippen LogP contribution in [-0.2, 0) is 6.42 Å². The zero-order chi connectivity index (χ0) is 13.5. The number of rotatable bonds is 6. The van der Waals surface area contributed by atoms with Gasteiger partial charge in [-0.3, -0.25) is 4.90 Å². The smallest absolute Gasteiger partial charge is 0.122 e. The van der Waals surface area contributed by atoms with Crippen LogP contribution in [0, 0.1) is 11.3 Å². The molecule has 1 rings (SSSR count). The van der Waals surface area contributed by atoms with E-state index in [-0.39, 0.29) is 6.04 Å². The molecule has 1 aromatic rings. The summed E-state index contributed by atoms with van der Waals surface area (Å²) in [6.07, 6.45) is 0.822. The van der Waals surface area contributed by atoms with Crippen molar-refractivity contribution >= 4 is 0 Å². The van der Waals surface area contributed by atoms with Gasteiger partial charge in [-0.1, -0.05) is 0 Å². The van der Waals surface area contributed by atoms with Crippen molar-refractivity contribution < 1.29 is 9.47 Å². The lowest BCUT2D eigenvalue weighted by Gasteiger charge is -2.19. The topological polar surface area (TPSA) is 45.5 Å². The van der Waals surface area contributed by atoms with Crippen LogP contribution in [0.4, 0.5) is 0 Å². The Balaban J connectivity index is 2.74. The van der Waals surface area contributed by atoms with Gasteiger partial charge in [0.2, 0.25) is 0 Å². The third-order valence-corrected chi connectivity index (χ3v) is 3.07. The molecule has 98 valence electrons. The number of hydrogen-bond donors (Lipinski definition) is 0. The lowest BCUT2D eigenvalue weighted by molar-refractivity contribution is 0.304. The highest BCUT2D eigenvalue weighted by Gasteiger charge is 2.10. The Bertz CT molecular complexity index is 426. The second-order valence-corrected chi connectivity index (χ2v) is 4.21. The third-order valence-electron chi connectivity index (χ3n) is 3.07. The van der Waals surface area contributed by atoms with Crippen LogP contribution < -0.4 is 9.47 Å². The van der Waals surface area contributed by atoms with Crippen LogP contribution in [-0.4, -0.2) is 38.8 Å². The molecule has 0 N–H and O–H groups in total. The van der Waals surface area contributed by atoms with Crippen molar-refractivity contribution in [2.45, 2.75) is 19.4 Å². The van der Waals surface area contributed by atoms with E-state index in [9.17, 15) is 0 Å². The average Bonchev–Trinajstić information content (AvgIpc) is 2.43. The molecule has 0 heterocycles. The van der Waals surface area contributed by atoms with Gasteiger partial charge in [0.15, 0.2) is 0 Å². The minimum absolute atomic E-state index is 0.0818. The monoisotopic (exact) mass is 248 g/mol. The number of methoxy groups -OCH3 is 2. The van der Waals surface area contributed by atoms with Gasteiger partial charge in [0, 0.05) is 6.54 Å².